The second kappa shape index (κ2) is 9.25. The Bertz CT molecular complexity index is 613. The number of nitrogens with one attached hydrogen (secondary N) is 2. The van der Waals surface area contributed by atoms with Crippen molar-refractivity contribution in [2.24, 2.45) is 0 Å². The molecule has 2 rings (SSSR count). The Kier molecular flexibility index (Phi) is 7.00. The van der Waals surface area contributed by atoms with Crippen molar-refractivity contribution in [2.45, 2.75) is 32.6 Å². The zero-order chi connectivity index (χ0) is 16.5. The largest absolute Gasteiger partial charge is 0.369 e. The molecule has 0 radical (unpaired) electrons. The van der Waals surface area contributed by atoms with E-state index in [0.717, 1.165) is 28.8 Å². The molecule has 0 aliphatic carbocycles. The quantitative estimate of drug-likeness (QED) is 0.682. The number of unbranched alkanes of at least 4 members (excludes halogenated alkanes) is 2. The van der Waals surface area contributed by atoms with Crippen molar-refractivity contribution in [2.75, 3.05) is 17.2 Å². The first-order valence-corrected chi connectivity index (χ1v) is 8.58. The fourth-order valence-corrected chi connectivity index (χ4v) is 2.32. The SMILES string of the molecule is CCCCCNc1ccc(NC(=O)Cc2ccc(Br)cc2)nn1. The Morgan fingerprint density at radius 2 is 1.74 bits per heavy atom. The Morgan fingerprint density at radius 1 is 1.04 bits per heavy atom. The third kappa shape index (κ3) is 6.36. The zero-order valence-corrected chi connectivity index (χ0v) is 14.8. The van der Waals surface area contributed by atoms with Crippen molar-refractivity contribution in [3.63, 3.8) is 0 Å². The van der Waals surface area contributed by atoms with Crippen molar-refractivity contribution in [3.8, 4) is 0 Å². The van der Waals surface area contributed by atoms with E-state index in [1.54, 1.807) is 6.07 Å². The van der Waals surface area contributed by atoms with Crippen LogP contribution < -0.4 is 10.6 Å². The molecule has 0 saturated heterocycles. The molecule has 0 aliphatic heterocycles. The van der Waals surface area contributed by atoms with Crippen LogP contribution in [0.25, 0.3) is 0 Å². The molecule has 2 N–H and O–H groups in total. The second-order valence-electron chi connectivity index (χ2n) is 5.29. The molecule has 0 atom stereocenters. The van der Waals surface area contributed by atoms with Crippen LogP contribution in [0, 0.1) is 0 Å². The lowest BCUT2D eigenvalue weighted by molar-refractivity contribution is -0.115. The molecule has 6 heteroatoms. The first-order valence-electron chi connectivity index (χ1n) is 7.79. The number of hydrogen-bond donors (Lipinski definition) is 2. The number of amides is 1. The third-order valence-corrected chi connectivity index (χ3v) is 3.83. The summed E-state index contributed by atoms with van der Waals surface area (Å²) >= 11 is 3.37. The topological polar surface area (TPSA) is 66.9 Å². The zero-order valence-electron chi connectivity index (χ0n) is 13.2. The van der Waals surface area contributed by atoms with E-state index in [-0.39, 0.29) is 5.91 Å². The van der Waals surface area contributed by atoms with Crippen molar-refractivity contribution >= 4 is 33.5 Å². The highest BCUT2D eigenvalue weighted by molar-refractivity contribution is 9.10. The van der Waals surface area contributed by atoms with Gasteiger partial charge in [0.1, 0.15) is 5.82 Å². The normalized spacial score (nSPS) is 10.3. The highest BCUT2D eigenvalue weighted by atomic mass is 79.9. The van der Waals surface area contributed by atoms with Gasteiger partial charge in [0.2, 0.25) is 5.91 Å². The molecule has 0 spiro atoms. The summed E-state index contributed by atoms with van der Waals surface area (Å²) < 4.78 is 0.995. The lowest BCUT2D eigenvalue weighted by Gasteiger charge is -2.06. The Labute approximate surface area is 145 Å². The molecule has 0 bridgehead atoms. The summed E-state index contributed by atoms with van der Waals surface area (Å²) in [5.41, 5.74) is 0.952. The molecular formula is C17H21BrN4O. The van der Waals surface area contributed by atoms with Crippen LogP contribution in [0.5, 0.6) is 0 Å². The first-order chi connectivity index (χ1) is 11.2. The average Bonchev–Trinajstić information content (AvgIpc) is 2.55. The van der Waals surface area contributed by atoms with E-state index in [4.69, 9.17) is 0 Å². The molecule has 2 aromatic rings. The number of benzene rings is 1. The summed E-state index contributed by atoms with van der Waals surface area (Å²) in [7, 11) is 0. The monoisotopic (exact) mass is 376 g/mol. The molecule has 0 aliphatic rings. The van der Waals surface area contributed by atoms with Gasteiger partial charge in [0.05, 0.1) is 6.42 Å². The fourth-order valence-electron chi connectivity index (χ4n) is 2.06. The van der Waals surface area contributed by atoms with Crippen LogP contribution >= 0.6 is 15.9 Å². The van der Waals surface area contributed by atoms with Gasteiger partial charge in [-0.3, -0.25) is 4.79 Å². The van der Waals surface area contributed by atoms with Gasteiger partial charge in [0.15, 0.2) is 5.82 Å². The highest BCUT2D eigenvalue weighted by Crippen LogP contribution is 2.12. The van der Waals surface area contributed by atoms with Crippen molar-refractivity contribution in [3.05, 3.63) is 46.4 Å². The van der Waals surface area contributed by atoms with E-state index in [2.05, 4.69) is 43.7 Å². The van der Waals surface area contributed by atoms with Gasteiger partial charge in [-0.2, -0.15) is 0 Å². The molecule has 122 valence electrons. The maximum atomic E-state index is 12.0. The smallest absolute Gasteiger partial charge is 0.229 e. The number of halogens is 1. The molecule has 0 saturated carbocycles. The van der Waals surface area contributed by atoms with E-state index in [0.29, 0.717) is 12.2 Å². The summed E-state index contributed by atoms with van der Waals surface area (Å²) in [6.45, 7) is 3.06. The predicted molar refractivity (Wildman–Crippen MR) is 96.5 cm³/mol. The van der Waals surface area contributed by atoms with Crippen LogP contribution in [-0.2, 0) is 11.2 Å². The van der Waals surface area contributed by atoms with E-state index >= 15 is 0 Å². The summed E-state index contributed by atoms with van der Waals surface area (Å²) in [4.78, 5) is 12.0. The lowest BCUT2D eigenvalue weighted by atomic mass is 10.1. The Hall–Kier alpha value is -1.95. The first kappa shape index (κ1) is 17.4. The van der Waals surface area contributed by atoms with Crippen LogP contribution in [0.2, 0.25) is 0 Å². The minimum atomic E-state index is -0.106. The number of anilines is 2. The number of rotatable bonds is 8. The summed E-state index contributed by atoms with van der Waals surface area (Å²) in [5.74, 6) is 1.09. The van der Waals surface area contributed by atoms with Gasteiger partial charge < -0.3 is 10.6 Å². The summed E-state index contributed by atoms with van der Waals surface area (Å²) in [6, 6.07) is 11.3. The number of nitrogens with zero attached hydrogens (tertiary/aromatic N) is 2. The maximum Gasteiger partial charge on any atom is 0.229 e. The van der Waals surface area contributed by atoms with Crippen LogP contribution in [-0.4, -0.2) is 22.6 Å². The van der Waals surface area contributed by atoms with Crippen LogP contribution in [0.1, 0.15) is 31.7 Å². The standard InChI is InChI=1S/C17H21BrN4O/c1-2-3-4-11-19-15-9-10-16(22-21-15)20-17(23)12-13-5-7-14(18)8-6-13/h5-10H,2-4,11-12H2,1H3,(H,19,21)(H,20,22,23). The number of carbonyl (C=O) groups is 1. The van der Waals surface area contributed by atoms with Gasteiger partial charge in [-0.05, 0) is 36.2 Å². The molecule has 1 heterocycles. The van der Waals surface area contributed by atoms with Crippen LogP contribution in [0.15, 0.2) is 40.9 Å². The predicted octanol–water partition coefficient (Wildman–Crippen LogP) is 4.02. The lowest BCUT2D eigenvalue weighted by Crippen LogP contribution is -2.16. The fraction of sp³-hybridized carbons (Fsp3) is 0.353. The summed E-state index contributed by atoms with van der Waals surface area (Å²) in [5, 5.41) is 14.1. The molecule has 5 nitrogen and oxygen atoms in total. The molecule has 0 unspecified atom stereocenters. The molecule has 1 amide bonds. The maximum absolute atomic E-state index is 12.0. The van der Waals surface area contributed by atoms with Gasteiger partial charge in [0, 0.05) is 11.0 Å². The average molecular weight is 377 g/mol. The highest BCUT2D eigenvalue weighted by Gasteiger charge is 2.05. The number of hydrogen-bond acceptors (Lipinski definition) is 4. The van der Waals surface area contributed by atoms with Crippen molar-refractivity contribution in [1.82, 2.24) is 10.2 Å². The molecule has 1 aromatic heterocycles. The van der Waals surface area contributed by atoms with Gasteiger partial charge >= 0.3 is 0 Å². The van der Waals surface area contributed by atoms with Gasteiger partial charge in [-0.1, -0.05) is 47.8 Å². The van der Waals surface area contributed by atoms with E-state index in [9.17, 15) is 4.79 Å². The minimum absolute atomic E-state index is 0.106. The van der Waals surface area contributed by atoms with Gasteiger partial charge in [-0.15, -0.1) is 10.2 Å². The number of aromatic nitrogens is 2. The van der Waals surface area contributed by atoms with Crippen LogP contribution in [0.4, 0.5) is 11.6 Å². The van der Waals surface area contributed by atoms with Gasteiger partial charge in [0.25, 0.3) is 0 Å². The van der Waals surface area contributed by atoms with Crippen LogP contribution in [0.3, 0.4) is 0 Å². The van der Waals surface area contributed by atoms with E-state index in [1.807, 2.05) is 30.3 Å². The summed E-state index contributed by atoms with van der Waals surface area (Å²) in [6.07, 6.45) is 3.82. The number of carbonyl (C=O) groups excluding carboxylic acids is 1. The molecule has 1 aromatic carbocycles. The van der Waals surface area contributed by atoms with Crippen molar-refractivity contribution < 1.29 is 4.79 Å². The molecule has 23 heavy (non-hydrogen) atoms. The third-order valence-electron chi connectivity index (χ3n) is 3.30. The Balaban J connectivity index is 1.80. The van der Waals surface area contributed by atoms with E-state index in [1.165, 1.54) is 12.8 Å². The molecule has 0 fully saturated rings. The second-order valence-corrected chi connectivity index (χ2v) is 6.20. The van der Waals surface area contributed by atoms with E-state index < -0.39 is 0 Å². The minimum Gasteiger partial charge on any atom is -0.369 e. The molecular weight excluding hydrogens is 356 g/mol. The van der Waals surface area contributed by atoms with Gasteiger partial charge in [-0.25, -0.2) is 0 Å². The van der Waals surface area contributed by atoms with Crippen molar-refractivity contribution in [1.29, 1.82) is 0 Å². The Morgan fingerprint density at radius 3 is 2.39 bits per heavy atom.